The summed E-state index contributed by atoms with van der Waals surface area (Å²) in [5.74, 6) is 1.19. The fourth-order valence-electron chi connectivity index (χ4n) is 2.72. The van der Waals surface area contributed by atoms with Crippen molar-refractivity contribution in [2.24, 2.45) is 0 Å². The summed E-state index contributed by atoms with van der Waals surface area (Å²) in [4.78, 5) is 28.7. The Labute approximate surface area is 141 Å². The highest BCUT2D eigenvalue weighted by molar-refractivity contribution is 5.79. The van der Waals surface area contributed by atoms with E-state index in [0.29, 0.717) is 6.42 Å². The maximum atomic E-state index is 11.3. The Morgan fingerprint density at radius 1 is 1.33 bits per heavy atom. The minimum atomic E-state index is -0.250. The third-order valence-corrected chi connectivity index (χ3v) is 4.03. The largest absolute Gasteiger partial charge is 0.483 e. The lowest BCUT2D eigenvalue weighted by Crippen LogP contribution is -2.13. The molecule has 1 aromatic carbocycles. The molecule has 24 heavy (non-hydrogen) atoms. The van der Waals surface area contributed by atoms with Crippen molar-refractivity contribution in [1.29, 1.82) is 0 Å². The molecule has 2 heterocycles. The summed E-state index contributed by atoms with van der Waals surface area (Å²) >= 11 is 0. The number of carbonyl (C=O) groups is 2. The zero-order valence-electron chi connectivity index (χ0n) is 13.8. The van der Waals surface area contributed by atoms with Crippen LogP contribution in [0.1, 0.15) is 36.1 Å². The third-order valence-electron chi connectivity index (χ3n) is 4.03. The van der Waals surface area contributed by atoms with Crippen LogP contribution in [0.4, 0.5) is 0 Å². The maximum absolute atomic E-state index is 11.3. The molecule has 6 nitrogen and oxygen atoms in total. The summed E-state index contributed by atoms with van der Waals surface area (Å²) in [6.45, 7) is 4.63. The lowest BCUT2D eigenvalue weighted by atomic mass is 9.97. The van der Waals surface area contributed by atoms with Crippen molar-refractivity contribution in [2.75, 3.05) is 6.54 Å². The molecule has 6 heteroatoms. The lowest BCUT2D eigenvalue weighted by molar-refractivity contribution is -0.123. The maximum Gasteiger partial charge on any atom is 0.290 e. The number of nitrogens with zero attached hydrogens (tertiary/aromatic N) is 2. The molecular weight excluding hydrogens is 306 g/mol. The SMILES string of the molecule is CCc1nc(-c2ccc(C3CNC(=O)C3)cc2)ncc1C.O=CO. The van der Waals surface area contributed by atoms with Gasteiger partial charge in [-0.25, -0.2) is 9.97 Å². The predicted molar refractivity (Wildman–Crippen MR) is 90.6 cm³/mol. The fraction of sp³-hybridized carbons (Fsp3) is 0.333. The second-order valence-corrected chi connectivity index (χ2v) is 5.61. The van der Waals surface area contributed by atoms with Gasteiger partial charge in [0.15, 0.2) is 5.82 Å². The molecule has 1 aliphatic heterocycles. The average Bonchev–Trinajstić information content (AvgIpc) is 3.03. The first-order valence-corrected chi connectivity index (χ1v) is 7.86. The van der Waals surface area contributed by atoms with Gasteiger partial charge in [-0.1, -0.05) is 31.2 Å². The number of hydrogen-bond acceptors (Lipinski definition) is 4. The van der Waals surface area contributed by atoms with Crippen molar-refractivity contribution >= 4 is 12.4 Å². The van der Waals surface area contributed by atoms with Crippen LogP contribution in [0.15, 0.2) is 30.5 Å². The minimum Gasteiger partial charge on any atom is -0.483 e. The van der Waals surface area contributed by atoms with Crippen LogP contribution >= 0.6 is 0 Å². The summed E-state index contributed by atoms with van der Waals surface area (Å²) < 4.78 is 0. The predicted octanol–water partition coefficient (Wildman–Crippen LogP) is 2.32. The highest BCUT2D eigenvalue weighted by Gasteiger charge is 2.22. The molecule has 2 N–H and O–H groups in total. The van der Waals surface area contributed by atoms with E-state index in [4.69, 9.17) is 9.90 Å². The second-order valence-electron chi connectivity index (χ2n) is 5.61. The van der Waals surface area contributed by atoms with Crippen LogP contribution < -0.4 is 5.32 Å². The van der Waals surface area contributed by atoms with Gasteiger partial charge in [-0.3, -0.25) is 9.59 Å². The van der Waals surface area contributed by atoms with Crippen LogP contribution in [0.3, 0.4) is 0 Å². The van der Waals surface area contributed by atoms with Gasteiger partial charge in [0.1, 0.15) is 0 Å². The molecule has 1 aromatic heterocycles. The number of hydrogen-bond donors (Lipinski definition) is 2. The van der Waals surface area contributed by atoms with Crippen LogP contribution in [-0.4, -0.2) is 34.0 Å². The highest BCUT2D eigenvalue weighted by Crippen LogP contribution is 2.25. The molecule has 1 aliphatic rings. The molecule has 1 fully saturated rings. The summed E-state index contributed by atoms with van der Waals surface area (Å²) in [5.41, 5.74) is 4.44. The van der Waals surface area contributed by atoms with Gasteiger partial charge in [-0.15, -0.1) is 0 Å². The molecule has 0 spiro atoms. The molecule has 1 saturated heterocycles. The Kier molecular flexibility index (Phi) is 6.01. The second kappa shape index (κ2) is 8.19. The Hall–Kier alpha value is -2.76. The molecule has 1 atom stereocenters. The van der Waals surface area contributed by atoms with Crippen LogP contribution in [-0.2, 0) is 16.0 Å². The standard InChI is InChI=1S/C17H19N3O.CH2O2/c1-3-15-11(2)9-19-17(20-15)13-6-4-12(5-7-13)14-8-16(21)18-10-14;2-1-3/h4-7,9,14H,3,8,10H2,1-2H3,(H,18,21);1H,(H,2,3). The first-order chi connectivity index (χ1) is 11.6. The van der Waals surface area contributed by atoms with E-state index in [0.717, 1.165) is 35.6 Å². The highest BCUT2D eigenvalue weighted by atomic mass is 16.3. The summed E-state index contributed by atoms with van der Waals surface area (Å²) in [5, 5.41) is 9.76. The van der Waals surface area contributed by atoms with Crippen molar-refractivity contribution in [3.8, 4) is 11.4 Å². The van der Waals surface area contributed by atoms with E-state index in [1.54, 1.807) is 0 Å². The first-order valence-electron chi connectivity index (χ1n) is 7.86. The zero-order chi connectivity index (χ0) is 17.5. The van der Waals surface area contributed by atoms with Crippen LogP contribution in [0.2, 0.25) is 0 Å². The average molecular weight is 327 g/mol. The van der Waals surface area contributed by atoms with E-state index in [1.165, 1.54) is 5.56 Å². The van der Waals surface area contributed by atoms with E-state index >= 15 is 0 Å². The van der Waals surface area contributed by atoms with Gasteiger partial charge in [0.25, 0.3) is 6.47 Å². The van der Waals surface area contributed by atoms with Gasteiger partial charge in [-0.05, 0) is 24.5 Å². The molecule has 0 bridgehead atoms. The van der Waals surface area contributed by atoms with Crippen molar-refractivity contribution < 1.29 is 14.7 Å². The molecule has 0 aliphatic carbocycles. The monoisotopic (exact) mass is 327 g/mol. The number of aromatic nitrogens is 2. The van der Waals surface area contributed by atoms with E-state index < -0.39 is 0 Å². The molecule has 3 rings (SSSR count). The number of carboxylic acid groups (broad SMARTS) is 1. The van der Waals surface area contributed by atoms with Crippen molar-refractivity contribution in [3.05, 3.63) is 47.3 Å². The van der Waals surface area contributed by atoms with E-state index in [9.17, 15) is 4.79 Å². The minimum absolute atomic E-state index is 0.138. The number of aryl methyl sites for hydroxylation is 2. The fourth-order valence-corrected chi connectivity index (χ4v) is 2.72. The molecule has 1 unspecified atom stereocenters. The first kappa shape index (κ1) is 17.6. The summed E-state index contributed by atoms with van der Waals surface area (Å²) in [6.07, 6.45) is 3.38. The van der Waals surface area contributed by atoms with Gasteiger partial charge < -0.3 is 10.4 Å². The molecule has 0 radical (unpaired) electrons. The summed E-state index contributed by atoms with van der Waals surface area (Å²) in [6, 6.07) is 8.24. The third kappa shape index (κ3) is 4.16. The topological polar surface area (TPSA) is 92.2 Å². The van der Waals surface area contributed by atoms with Gasteiger partial charge in [0.2, 0.25) is 5.91 Å². The zero-order valence-corrected chi connectivity index (χ0v) is 13.8. The molecule has 0 saturated carbocycles. The number of nitrogens with one attached hydrogen (secondary N) is 1. The molecule has 2 aromatic rings. The Morgan fingerprint density at radius 2 is 2.00 bits per heavy atom. The van der Waals surface area contributed by atoms with Crippen LogP contribution in [0.5, 0.6) is 0 Å². The molecule has 1 amide bonds. The number of amides is 1. The quantitative estimate of drug-likeness (QED) is 0.844. The van der Waals surface area contributed by atoms with Gasteiger partial charge in [0, 0.05) is 36.3 Å². The Balaban J connectivity index is 0.000000647. The van der Waals surface area contributed by atoms with Crippen molar-refractivity contribution in [3.63, 3.8) is 0 Å². The Bertz CT molecular complexity index is 714. The molecule has 126 valence electrons. The van der Waals surface area contributed by atoms with Crippen LogP contribution in [0.25, 0.3) is 11.4 Å². The van der Waals surface area contributed by atoms with Gasteiger partial charge in [0.05, 0.1) is 0 Å². The lowest BCUT2D eigenvalue weighted by Gasteiger charge is -2.09. The van der Waals surface area contributed by atoms with Gasteiger partial charge >= 0.3 is 0 Å². The van der Waals surface area contributed by atoms with E-state index in [2.05, 4.69) is 34.3 Å². The number of benzene rings is 1. The van der Waals surface area contributed by atoms with E-state index in [-0.39, 0.29) is 18.3 Å². The normalized spacial score (nSPS) is 16.1. The Morgan fingerprint density at radius 3 is 2.54 bits per heavy atom. The number of carbonyl (C=O) groups excluding carboxylic acids is 1. The van der Waals surface area contributed by atoms with Gasteiger partial charge in [-0.2, -0.15) is 0 Å². The van der Waals surface area contributed by atoms with E-state index in [1.807, 2.05) is 25.3 Å². The van der Waals surface area contributed by atoms with Crippen molar-refractivity contribution in [2.45, 2.75) is 32.6 Å². The molecular formula is C18H21N3O3. The smallest absolute Gasteiger partial charge is 0.290 e. The van der Waals surface area contributed by atoms with Crippen LogP contribution in [0, 0.1) is 6.92 Å². The van der Waals surface area contributed by atoms with Crippen molar-refractivity contribution in [1.82, 2.24) is 15.3 Å². The number of rotatable bonds is 3. The summed E-state index contributed by atoms with van der Waals surface area (Å²) in [7, 11) is 0.